The van der Waals surface area contributed by atoms with Crippen LogP contribution in [-0.2, 0) is 6.61 Å². The molecule has 0 aromatic heterocycles. The van der Waals surface area contributed by atoms with Crippen LogP contribution in [0.1, 0.15) is 35.3 Å². The van der Waals surface area contributed by atoms with E-state index in [1.54, 1.807) is 30.5 Å². The molecule has 3 aromatic carbocycles. The second-order valence-electron chi connectivity index (χ2n) is 7.54. The smallest absolute Gasteiger partial charge is 0.271 e. The van der Waals surface area contributed by atoms with Gasteiger partial charge in [0.15, 0.2) is 23.0 Å². The third kappa shape index (κ3) is 8.13. The van der Waals surface area contributed by atoms with Gasteiger partial charge in [-0.1, -0.05) is 42.5 Å². The van der Waals surface area contributed by atoms with E-state index in [1.807, 2.05) is 50.2 Å². The minimum Gasteiger partial charge on any atom is -0.490 e. The minimum absolute atomic E-state index is 0.306. The number of halogens is 2. The molecule has 0 aliphatic carbocycles. The van der Waals surface area contributed by atoms with Crippen molar-refractivity contribution in [3.63, 3.8) is 0 Å². The lowest BCUT2D eigenvalue weighted by Crippen LogP contribution is -2.17. The van der Waals surface area contributed by atoms with Crippen LogP contribution in [0.4, 0.5) is 0 Å². The minimum atomic E-state index is -0.383. The van der Waals surface area contributed by atoms with Gasteiger partial charge in [-0.05, 0) is 78.4 Å². The molecule has 9 heteroatoms. The maximum atomic E-state index is 12.7. The van der Waals surface area contributed by atoms with Gasteiger partial charge in [-0.2, -0.15) is 5.10 Å². The highest BCUT2D eigenvalue weighted by Crippen LogP contribution is 2.35. The molecule has 0 fully saturated rings. The lowest BCUT2D eigenvalue weighted by molar-refractivity contribution is 0.0954. The summed E-state index contributed by atoms with van der Waals surface area (Å²) in [6.45, 7) is 8.94. The number of hydrazone groups is 1. The molecule has 0 heterocycles. The Balaban J connectivity index is 1.72. The number of rotatable bonds is 13. The van der Waals surface area contributed by atoms with E-state index < -0.39 is 0 Å². The molecule has 7 nitrogen and oxygen atoms in total. The summed E-state index contributed by atoms with van der Waals surface area (Å²) in [6.07, 6.45) is 3.19. The molecule has 1 N–H and O–H groups in total. The van der Waals surface area contributed by atoms with Gasteiger partial charge >= 0.3 is 0 Å². The van der Waals surface area contributed by atoms with Gasteiger partial charge in [0.25, 0.3) is 5.91 Å². The van der Waals surface area contributed by atoms with Gasteiger partial charge in [0.2, 0.25) is 0 Å². The highest BCUT2D eigenvalue weighted by Gasteiger charge is 2.14. The zero-order valence-corrected chi connectivity index (χ0v) is 23.5. The van der Waals surface area contributed by atoms with E-state index in [9.17, 15) is 4.79 Å². The van der Waals surface area contributed by atoms with Gasteiger partial charge in [-0.15, -0.1) is 0 Å². The van der Waals surface area contributed by atoms with Gasteiger partial charge in [0.05, 0.1) is 23.0 Å². The second kappa shape index (κ2) is 14.5. The zero-order chi connectivity index (χ0) is 26.6. The maximum absolute atomic E-state index is 12.7. The third-order valence-electron chi connectivity index (χ3n) is 4.90. The molecule has 0 saturated carbocycles. The van der Waals surface area contributed by atoms with Gasteiger partial charge in [-0.3, -0.25) is 4.79 Å². The average Bonchev–Trinajstić information content (AvgIpc) is 2.88. The van der Waals surface area contributed by atoms with Crippen molar-refractivity contribution >= 4 is 46.3 Å². The van der Waals surface area contributed by atoms with Crippen LogP contribution in [0.3, 0.4) is 0 Å². The van der Waals surface area contributed by atoms with E-state index in [-0.39, 0.29) is 5.91 Å². The number of carbonyl (C=O) groups is 1. The van der Waals surface area contributed by atoms with Gasteiger partial charge < -0.3 is 18.9 Å². The first-order chi connectivity index (χ1) is 18.0. The summed E-state index contributed by atoms with van der Waals surface area (Å²) in [7, 11) is 0. The monoisotopic (exact) mass is 634 g/mol. The number of hydrogen-bond donors (Lipinski definition) is 1. The summed E-state index contributed by atoms with van der Waals surface area (Å²) >= 11 is 8.44. The lowest BCUT2D eigenvalue weighted by Gasteiger charge is -2.15. The van der Waals surface area contributed by atoms with Gasteiger partial charge in [-0.25, -0.2) is 5.43 Å². The van der Waals surface area contributed by atoms with Crippen LogP contribution >= 0.6 is 34.2 Å². The Labute approximate surface area is 235 Å². The molecule has 0 unspecified atom stereocenters. The first-order valence-electron chi connectivity index (χ1n) is 11.6. The fourth-order valence-corrected chi connectivity index (χ4v) is 4.22. The Kier molecular flexibility index (Phi) is 11.1. The quantitative estimate of drug-likeness (QED) is 0.0986. The second-order valence-corrected chi connectivity index (χ2v) is 9.11. The number of nitrogens with zero attached hydrogens (tertiary/aromatic N) is 1. The van der Waals surface area contributed by atoms with E-state index in [0.29, 0.717) is 60.0 Å². The number of amides is 1. The molecule has 0 spiro atoms. The number of nitrogens with one attached hydrogen (secondary N) is 1. The van der Waals surface area contributed by atoms with Crippen molar-refractivity contribution in [2.45, 2.75) is 20.5 Å². The van der Waals surface area contributed by atoms with Crippen LogP contribution in [0.25, 0.3) is 0 Å². The highest BCUT2D eigenvalue weighted by atomic mass is 127. The number of ether oxygens (including phenoxy) is 4. The molecular weight excluding hydrogens is 607 g/mol. The fourth-order valence-electron chi connectivity index (χ4n) is 3.25. The van der Waals surface area contributed by atoms with Crippen molar-refractivity contribution in [1.29, 1.82) is 0 Å². The summed E-state index contributed by atoms with van der Waals surface area (Å²) in [6, 6.07) is 16.2. The van der Waals surface area contributed by atoms with E-state index in [1.165, 1.54) is 0 Å². The Morgan fingerprint density at radius 1 is 1.00 bits per heavy atom. The topological polar surface area (TPSA) is 78.4 Å². The van der Waals surface area contributed by atoms with Crippen LogP contribution in [0.15, 0.2) is 72.4 Å². The SMILES string of the molecule is C=CCOc1ccc(C(=O)N/N=C/c2cc(I)c(OCc3ccccc3Cl)c(OCC)c2)cc1OCC. The molecule has 0 atom stereocenters. The predicted molar refractivity (Wildman–Crippen MR) is 154 cm³/mol. The normalized spacial score (nSPS) is 10.7. The lowest BCUT2D eigenvalue weighted by atomic mass is 10.2. The zero-order valence-electron chi connectivity index (χ0n) is 20.6. The summed E-state index contributed by atoms with van der Waals surface area (Å²) < 4.78 is 23.9. The molecule has 37 heavy (non-hydrogen) atoms. The van der Waals surface area contributed by atoms with Crippen LogP contribution in [0, 0.1) is 3.57 Å². The average molecular weight is 635 g/mol. The molecule has 194 valence electrons. The van der Waals surface area contributed by atoms with Crippen LogP contribution < -0.4 is 24.4 Å². The Morgan fingerprint density at radius 2 is 1.76 bits per heavy atom. The summed E-state index contributed by atoms with van der Waals surface area (Å²) in [5.74, 6) is 1.82. The summed E-state index contributed by atoms with van der Waals surface area (Å²) in [5.41, 5.74) is 4.55. The van der Waals surface area contributed by atoms with Crippen molar-refractivity contribution < 1.29 is 23.7 Å². The van der Waals surface area contributed by atoms with Crippen molar-refractivity contribution in [2.24, 2.45) is 5.10 Å². The van der Waals surface area contributed by atoms with Crippen molar-refractivity contribution in [2.75, 3.05) is 19.8 Å². The number of hydrogen-bond acceptors (Lipinski definition) is 6. The van der Waals surface area contributed by atoms with Crippen LogP contribution in [0.2, 0.25) is 5.02 Å². The van der Waals surface area contributed by atoms with E-state index in [4.69, 9.17) is 30.5 Å². The molecule has 0 aliphatic heterocycles. The maximum Gasteiger partial charge on any atom is 0.271 e. The highest BCUT2D eigenvalue weighted by molar-refractivity contribution is 14.1. The van der Waals surface area contributed by atoms with E-state index in [2.05, 4.69) is 39.7 Å². The van der Waals surface area contributed by atoms with E-state index in [0.717, 1.165) is 14.7 Å². The summed E-state index contributed by atoms with van der Waals surface area (Å²) in [4.78, 5) is 12.7. The molecule has 0 saturated heterocycles. The van der Waals surface area contributed by atoms with Crippen molar-refractivity contribution in [1.82, 2.24) is 5.43 Å². The Morgan fingerprint density at radius 3 is 2.49 bits per heavy atom. The standard InChI is InChI=1S/C28H28ClIN2O5/c1-4-13-36-24-12-11-20(16-25(24)34-5-2)28(33)32-31-17-19-14-23(30)27(26(15-19)35-6-3)37-18-21-9-7-8-10-22(21)29/h4,7-12,14-17H,1,5-6,13,18H2,2-3H3,(H,32,33)/b31-17+. The third-order valence-corrected chi connectivity index (χ3v) is 6.07. The fraction of sp³-hybridized carbons (Fsp3) is 0.214. The van der Waals surface area contributed by atoms with Gasteiger partial charge in [0, 0.05) is 16.1 Å². The van der Waals surface area contributed by atoms with Crippen molar-refractivity contribution in [3.05, 3.63) is 92.5 Å². The largest absolute Gasteiger partial charge is 0.490 e. The predicted octanol–water partition coefficient (Wildman–Crippen LogP) is 6.65. The number of carbonyl (C=O) groups excluding carboxylic acids is 1. The molecule has 3 rings (SSSR count). The molecule has 1 amide bonds. The van der Waals surface area contributed by atoms with Crippen molar-refractivity contribution in [3.8, 4) is 23.0 Å². The van der Waals surface area contributed by atoms with Gasteiger partial charge in [0.1, 0.15) is 13.2 Å². The summed E-state index contributed by atoms with van der Waals surface area (Å²) in [5, 5.41) is 4.76. The van der Waals surface area contributed by atoms with Crippen LogP contribution in [0.5, 0.6) is 23.0 Å². The molecule has 3 aromatic rings. The molecule has 0 radical (unpaired) electrons. The first-order valence-corrected chi connectivity index (χ1v) is 13.1. The first kappa shape index (κ1) is 28.3. The Bertz CT molecular complexity index is 1270. The van der Waals surface area contributed by atoms with Crippen LogP contribution in [-0.4, -0.2) is 31.9 Å². The molecule has 0 bridgehead atoms. The van der Waals surface area contributed by atoms with E-state index >= 15 is 0 Å². The molecule has 0 aliphatic rings. The number of benzene rings is 3. The molecular formula is C28H28ClIN2O5. The Hall–Kier alpha value is -3.24.